The van der Waals surface area contributed by atoms with Crippen LogP contribution in [0.25, 0.3) is 5.65 Å². The summed E-state index contributed by atoms with van der Waals surface area (Å²) in [7, 11) is 0. The molecule has 0 aliphatic rings. The second-order valence-electron chi connectivity index (χ2n) is 3.01. The molecule has 0 saturated heterocycles. The molecule has 80 valence electrons. The molecule has 0 saturated carbocycles. The van der Waals surface area contributed by atoms with Gasteiger partial charge in [0.05, 0.1) is 6.61 Å². The van der Waals surface area contributed by atoms with E-state index in [0.29, 0.717) is 31.1 Å². The maximum Gasteiger partial charge on any atom is 0.260 e. The van der Waals surface area contributed by atoms with Crippen LogP contribution in [0.1, 0.15) is 12.7 Å². The molecule has 2 rings (SSSR count). The van der Waals surface area contributed by atoms with E-state index in [0.717, 1.165) is 5.82 Å². The molecular weight excluding hydrogens is 194 g/mol. The standard InChI is InChI=1S/C9H13N5O/c1-2-15-9-8-13-12-7(3-4-10)14(8)6-5-11-9/h5-6H,2-4,10H2,1H3. The van der Waals surface area contributed by atoms with E-state index in [4.69, 9.17) is 10.5 Å². The topological polar surface area (TPSA) is 78.3 Å². The third-order valence-corrected chi connectivity index (χ3v) is 2.01. The Morgan fingerprint density at radius 1 is 1.47 bits per heavy atom. The van der Waals surface area contributed by atoms with Crippen LogP contribution in [0.5, 0.6) is 5.88 Å². The monoisotopic (exact) mass is 207 g/mol. The Hall–Kier alpha value is -1.69. The van der Waals surface area contributed by atoms with Gasteiger partial charge in [-0.2, -0.15) is 0 Å². The van der Waals surface area contributed by atoms with E-state index in [1.54, 1.807) is 6.20 Å². The first kappa shape index (κ1) is 9.85. The van der Waals surface area contributed by atoms with E-state index in [-0.39, 0.29) is 0 Å². The predicted molar refractivity (Wildman–Crippen MR) is 54.7 cm³/mol. The van der Waals surface area contributed by atoms with Crippen LogP contribution in [0.2, 0.25) is 0 Å². The highest BCUT2D eigenvalue weighted by atomic mass is 16.5. The molecule has 0 bridgehead atoms. The molecule has 2 aromatic heterocycles. The molecule has 0 aromatic carbocycles. The maximum absolute atomic E-state index is 5.48. The summed E-state index contributed by atoms with van der Waals surface area (Å²) in [4.78, 5) is 4.09. The first-order chi connectivity index (χ1) is 7.36. The zero-order valence-electron chi connectivity index (χ0n) is 8.55. The summed E-state index contributed by atoms with van der Waals surface area (Å²) in [6, 6.07) is 0. The second-order valence-corrected chi connectivity index (χ2v) is 3.01. The summed E-state index contributed by atoms with van der Waals surface area (Å²) in [6.45, 7) is 3.02. The molecule has 6 heteroatoms. The number of hydrogen-bond donors (Lipinski definition) is 1. The van der Waals surface area contributed by atoms with Crippen LogP contribution < -0.4 is 10.5 Å². The van der Waals surface area contributed by atoms with Gasteiger partial charge in [-0.05, 0) is 13.5 Å². The lowest BCUT2D eigenvalue weighted by Gasteiger charge is -2.02. The van der Waals surface area contributed by atoms with Gasteiger partial charge in [0.25, 0.3) is 5.88 Å². The van der Waals surface area contributed by atoms with Crippen LogP contribution in [-0.2, 0) is 6.42 Å². The van der Waals surface area contributed by atoms with Gasteiger partial charge in [0.15, 0.2) is 0 Å². The van der Waals surface area contributed by atoms with E-state index in [9.17, 15) is 0 Å². The van der Waals surface area contributed by atoms with Crippen molar-refractivity contribution in [3.8, 4) is 5.88 Å². The van der Waals surface area contributed by atoms with Crippen molar-refractivity contribution in [1.29, 1.82) is 0 Å². The number of aromatic nitrogens is 4. The minimum absolute atomic E-state index is 0.510. The molecule has 0 atom stereocenters. The van der Waals surface area contributed by atoms with Crippen LogP contribution >= 0.6 is 0 Å². The molecule has 2 heterocycles. The lowest BCUT2D eigenvalue weighted by Crippen LogP contribution is -2.06. The van der Waals surface area contributed by atoms with Crippen molar-refractivity contribution in [1.82, 2.24) is 19.6 Å². The summed E-state index contributed by atoms with van der Waals surface area (Å²) < 4.78 is 7.20. The van der Waals surface area contributed by atoms with Crippen molar-refractivity contribution in [3.63, 3.8) is 0 Å². The first-order valence-electron chi connectivity index (χ1n) is 4.88. The van der Waals surface area contributed by atoms with Gasteiger partial charge in [-0.3, -0.25) is 4.40 Å². The molecule has 15 heavy (non-hydrogen) atoms. The summed E-state index contributed by atoms with van der Waals surface area (Å²) in [5, 5.41) is 8.07. The van der Waals surface area contributed by atoms with Crippen molar-refractivity contribution in [2.24, 2.45) is 5.73 Å². The van der Waals surface area contributed by atoms with Gasteiger partial charge in [0.2, 0.25) is 5.65 Å². The van der Waals surface area contributed by atoms with E-state index < -0.39 is 0 Å². The first-order valence-corrected chi connectivity index (χ1v) is 4.88. The van der Waals surface area contributed by atoms with Gasteiger partial charge < -0.3 is 10.5 Å². The third kappa shape index (κ3) is 1.75. The second kappa shape index (κ2) is 4.22. The highest BCUT2D eigenvalue weighted by Crippen LogP contribution is 2.14. The molecular formula is C9H13N5O. The van der Waals surface area contributed by atoms with Crippen LogP contribution in [0.4, 0.5) is 0 Å². The summed E-state index contributed by atoms with van der Waals surface area (Å²) in [5.41, 5.74) is 6.12. The fourth-order valence-electron chi connectivity index (χ4n) is 1.39. The smallest absolute Gasteiger partial charge is 0.260 e. The molecule has 0 spiro atoms. The van der Waals surface area contributed by atoms with E-state index in [2.05, 4.69) is 15.2 Å². The average molecular weight is 207 g/mol. The van der Waals surface area contributed by atoms with Crippen LogP contribution in [0.3, 0.4) is 0 Å². The van der Waals surface area contributed by atoms with Gasteiger partial charge >= 0.3 is 0 Å². The minimum Gasteiger partial charge on any atom is -0.475 e. The van der Waals surface area contributed by atoms with Crippen LogP contribution in [-0.4, -0.2) is 32.7 Å². The fraction of sp³-hybridized carbons (Fsp3) is 0.444. The van der Waals surface area contributed by atoms with Gasteiger partial charge in [-0.25, -0.2) is 4.98 Å². The summed E-state index contributed by atoms with van der Waals surface area (Å²) in [6.07, 6.45) is 4.17. The van der Waals surface area contributed by atoms with Crippen LogP contribution in [0.15, 0.2) is 12.4 Å². The Morgan fingerprint density at radius 2 is 2.33 bits per heavy atom. The van der Waals surface area contributed by atoms with E-state index >= 15 is 0 Å². The molecule has 0 aliphatic carbocycles. The average Bonchev–Trinajstić information content (AvgIpc) is 2.64. The lowest BCUT2D eigenvalue weighted by molar-refractivity contribution is 0.328. The van der Waals surface area contributed by atoms with Gasteiger partial charge in [-0.1, -0.05) is 0 Å². The number of nitrogens with zero attached hydrogens (tertiary/aromatic N) is 4. The number of nitrogens with two attached hydrogens (primary N) is 1. The highest BCUT2D eigenvalue weighted by Gasteiger charge is 2.09. The summed E-state index contributed by atoms with van der Waals surface area (Å²) >= 11 is 0. The van der Waals surface area contributed by atoms with E-state index in [1.165, 1.54) is 0 Å². The normalized spacial score (nSPS) is 10.8. The largest absolute Gasteiger partial charge is 0.475 e. The quantitative estimate of drug-likeness (QED) is 0.764. The van der Waals surface area contributed by atoms with Crippen LogP contribution in [0, 0.1) is 0 Å². The maximum atomic E-state index is 5.48. The highest BCUT2D eigenvalue weighted by molar-refractivity contribution is 5.48. The molecule has 2 N–H and O–H groups in total. The molecule has 0 aliphatic heterocycles. The SMILES string of the molecule is CCOc1nccn2c(CCN)nnc12. The van der Waals surface area contributed by atoms with Crippen molar-refractivity contribution in [3.05, 3.63) is 18.2 Å². The van der Waals surface area contributed by atoms with Crippen molar-refractivity contribution >= 4 is 5.65 Å². The number of ether oxygens (including phenoxy) is 1. The Labute approximate surface area is 87.1 Å². The number of fused-ring (bicyclic) bond motifs is 1. The number of hydrogen-bond acceptors (Lipinski definition) is 5. The van der Waals surface area contributed by atoms with Crippen molar-refractivity contribution < 1.29 is 4.74 Å². The predicted octanol–water partition coefficient (Wildman–Crippen LogP) is 0.0242. The zero-order valence-corrected chi connectivity index (χ0v) is 8.55. The Bertz CT molecular complexity index is 453. The summed E-state index contributed by atoms with van der Waals surface area (Å²) in [5.74, 6) is 1.34. The molecule has 0 fully saturated rings. The van der Waals surface area contributed by atoms with Gasteiger partial charge in [0.1, 0.15) is 5.82 Å². The molecule has 2 aromatic rings. The van der Waals surface area contributed by atoms with E-state index in [1.807, 2.05) is 17.5 Å². The Morgan fingerprint density at radius 3 is 3.07 bits per heavy atom. The molecule has 0 amide bonds. The van der Waals surface area contributed by atoms with Crippen molar-refractivity contribution in [2.75, 3.05) is 13.2 Å². The Kier molecular flexibility index (Phi) is 2.77. The molecule has 6 nitrogen and oxygen atoms in total. The lowest BCUT2D eigenvalue weighted by atomic mass is 10.4. The zero-order chi connectivity index (χ0) is 10.7. The molecule has 0 unspecified atom stereocenters. The van der Waals surface area contributed by atoms with Crippen molar-refractivity contribution in [2.45, 2.75) is 13.3 Å². The fourth-order valence-corrected chi connectivity index (χ4v) is 1.39. The molecule has 0 radical (unpaired) electrons. The Balaban J connectivity index is 2.48. The van der Waals surface area contributed by atoms with Gasteiger partial charge in [-0.15, -0.1) is 10.2 Å². The third-order valence-electron chi connectivity index (χ3n) is 2.01. The van der Waals surface area contributed by atoms with Gasteiger partial charge in [0, 0.05) is 18.8 Å². The minimum atomic E-state index is 0.510. The number of rotatable bonds is 4.